The number of rotatable bonds is 6. The number of nitrogen functional groups attached to an aromatic ring is 1. The van der Waals surface area contributed by atoms with Crippen molar-refractivity contribution in [2.75, 3.05) is 38.3 Å². The monoisotopic (exact) mass is 459 g/mol. The number of nitrogens with two attached hydrogens (primary N) is 1. The van der Waals surface area contributed by atoms with Gasteiger partial charge in [0.1, 0.15) is 5.75 Å². The van der Waals surface area contributed by atoms with E-state index in [2.05, 4.69) is 34.1 Å². The number of ether oxygens (including phenoxy) is 1. The number of pyridine rings is 1. The molecule has 4 N–H and O–H groups in total. The van der Waals surface area contributed by atoms with Crippen molar-refractivity contribution in [2.45, 2.75) is 18.9 Å². The fraction of sp³-hybridized carbons (Fsp3) is 0.269. The average molecular weight is 460 g/mol. The highest BCUT2D eigenvalue weighted by atomic mass is 16.5. The Morgan fingerprint density at radius 1 is 1.18 bits per heavy atom. The minimum atomic E-state index is -0.338. The van der Waals surface area contributed by atoms with Crippen LogP contribution >= 0.6 is 0 Å². The van der Waals surface area contributed by atoms with Gasteiger partial charge in [0, 0.05) is 17.0 Å². The summed E-state index contributed by atoms with van der Waals surface area (Å²) in [4.78, 5) is 31.8. The van der Waals surface area contributed by atoms with E-state index in [0.29, 0.717) is 22.8 Å². The topological polar surface area (TPSA) is 110 Å². The fourth-order valence-electron chi connectivity index (χ4n) is 4.15. The van der Waals surface area contributed by atoms with Crippen molar-refractivity contribution in [1.82, 2.24) is 15.2 Å². The highest BCUT2D eigenvalue weighted by Gasteiger charge is 2.21. The third-order valence-corrected chi connectivity index (χ3v) is 6.13. The minimum Gasteiger partial charge on any atom is -0.495 e. The molecule has 0 radical (unpaired) electrons. The Labute approximate surface area is 198 Å². The van der Waals surface area contributed by atoms with Gasteiger partial charge in [-0.15, -0.1) is 0 Å². The molecule has 0 aliphatic carbocycles. The summed E-state index contributed by atoms with van der Waals surface area (Å²) in [6, 6.07) is 13.1. The van der Waals surface area contributed by atoms with E-state index < -0.39 is 0 Å². The zero-order chi connectivity index (χ0) is 24.2. The number of nitrogens with one attached hydrogen (secondary N) is 2. The average Bonchev–Trinajstić information content (AvgIpc) is 2.85. The number of piperidine rings is 1. The Bertz CT molecular complexity index is 1250. The number of methoxy groups -OCH3 is 1. The van der Waals surface area contributed by atoms with E-state index in [1.165, 1.54) is 6.08 Å². The van der Waals surface area contributed by atoms with Crippen molar-refractivity contribution in [3.63, 3.8) is 0 Å². The molecule has 34 heavy (non-hydrogen) atoms. The molecule has 0 spiro atoms. The van der Waals surface area contributed by atoms with Crippen LogP contribution in [0.4, 0.5) is 11.4 Å². The molecule has 0 bridgehead atoms. The molecule has 1 aromatic heterocycles. The molecule has 2 amide bonds. The van der Waals surface area contributed by atoms with Crippen molar-refractivity contribution >= 4 is 34.0 Å². The van der Waals surface area contributed by atoms with Gasteiger partial charge in [0.25, 0.3) is 5.91 Å². The molecule has 2 heterocycles. The maximum atomic E-state index is 13.0. The van der Waals surface area contributed by atoms with Crippen LogP contribution < -0.4 is 21.1 Å². The number of fused-ring (bicyclic) bond motifs is 1. The molecular weight excluding hydrogens is 430 g/mol. The molecule has 8 heteroatoms. The van der Waals surface area contributed by atoms with E-state index in [-0.39, 0.29) is 23.6 Å². The Kier molecular flexibility index (Phi) is 6.79. The van der Waals surface area contributed by atoms with Gasteiger partial charge in [-0.1, -0.05) is 24.8 Å². The van der Waals surface area contributed by atoms with E-state index in [9.17, 15) is 9.59 Å². The summed E-state index contributed by atoms with van der Waals surface area (Å²) in [5.74, 6) is -0.0757. The smallest absolute Gasteiger partial charge is 0.272 e. The summed E-state index contributed by atoms with van der Waals surface area (Å²) < 4.78 is 5.45. The van der Waals surface area contributed by atoms with Gasteiger partial charge in [0.15, 0.2) is 5.69 Å². The number of nitrogens with zero attached hydrogens (tertiary/aromatic N) is 2. The van der Waals surface area contributed by atoms with Crippen LogP contribution in [-0.4, -0.2) is 55.0 Å². The Hall–Kier alpha value is -3.91. The first-order valence-corrected chi connectivity index (χ1v) is 11.2. The molecule has 1 fully saturated rings. The van der Waals surface area contributed by atoms with Gasteiger partial charge in [-0.25, -0.2) is 4.98 Å². The summed E-state index contributed by atoms with van der Waals surface area (Å²) in [5.41, 5.74) is 8.58. The summed E-state index contributed by atoms with van der Waals surface area (Å²) in [7, 11) is 3.62. The predicted molar refractivity (Wildman–Crippen MR) is 135 cm³/mol. The lowest BCUT2D eigenvalue weighted by molar-refractivity contribution is -0.111. The van der Waals surface area contributed by atoms with Crippen LogP contribution in [0.25, 0.3) is 22.0 Å². The molecule has 176 valence electrons. The van der Waals surface area contributed by atoms with Crippen LogP contribution in [0, 0.1) is 0 Å². The summed E-state index contributed by atoms with van der Waals surface area (Å²) in [6.45, 7) is 5.41. The van der Waals surface area contributed by atoms with E-state index in [0.717, 1.165) is 42.3 Å². The molecule has 4 rings (SSSR count). The van der Waals surface area contributed by atoms with Crippen molar-refractivity contribution in [1.29, 1.82) is 0 Å². The highest BCUT2D eigenvalue weighted by Crippen LogP contribution is 2.36. The van der Waals surface area contributed by atoms with E-state index >= 15 is 0 Å². The summed E-state index contributed by atoms with van der Waals surface area (Å²) in [6.07, 6.45) is 3.00. The zero-order valence-electron chi connectivity index (χ0n) is 19.4. The Morgan fingerprint density at radius 2 is 1.91 bits per heavy atom. The van der Waals surface area contributed by atoms with Gasteiger partial charge < -0.3 is 26.0 Å². The van der Waals surface area contributed by atoms with Crippen molar-refractivity contribution in [3.05, 3.63) is 60.8 Å². The van der Waals surface area contributed by atoms with Crippen molar-refractivity contribution in [2.24, 2.45) is 0 Å². The van der Waals surface area contributed by atoms with E-state index in [1.807, 2.05) is 24.3 Å². The number of benzene rings is 2. The first kappa shape index (κ1) is 23.3. The number of hydrogen-bond donors (Lipinski definition) is 3. The van der Waals surface area contributed by atoms with Crippen LogP contribution in [0.1, 0.15) is 23.3 Å². The highest BCUT2D eigenvalue weighted by molar-refractivity contribution is 6.08. The number of anilines is 2. The molecule has 1 aliphatic rings. The molecule has 0 saturated carbocycles. The fourth-order valence-corrected chi connectivity index (χ4v) is 4.15. The lowest BCUT2D eigenvalue weighted by Gasteiger charge is -2.29. The number of aromatic nitrogens is 1. The third kappa shape index (κ3) is 4.87. The Morgan fingerprint density at radius 3 is 2.62 bits per heavy atom. The second kappa shape index (κ2) is 9.93. The zero-order valence-corrected chi connectivity index (χ0v) is 19.4. The van der Waals surface area contributed by atoms with Crippen LogP contribution in [0.5, 0.6) is 5.75 Å². The number of carbonyl (C=O) groups excluding carboxylic acids is 2. The van der Waals surface area contributed by atoms with E-state index in [4.69, 9.17) is 10.5 Å². The standard InChI is InChI=1S/C26H29N5O3/c1-4-23(32)30-24-19-15-17(6-5-16(19)7-10-22(24)34-3)21-9-8-20(27)25(29-21)26(33)28-18-11-13-31(2)14-12-18/h4-10,15,18H,1,11-14,27H2,2-3H3,(H,28,33)(H,30,32). The number of hydrogen-bond acceptors (Lipinski definition) is 6. The first-order valence-electron chi connectivity index (χ1n) is 11.2. The molecule has 0 unspecified atom stereocenters. The van der Waals surface area contributed by atoms with E-state index in [1.54, 1.807) is 25.3 Å². The second-order valence-electron chi connectivity index (χ2n) is 8.46. The van der Waals surface area contributed by atoms with Crippen LogP contribution in [-0.2, 0) is 4.79 Å². The second-order valence-corrected chi connectivity index (χ2v) is 8.46. The molecular formula is C26H29N5O3. The quantitative estimate of drug-likeness (QED) is 0.487. The third-order valence-electron chi connectivity index (χ3n) is 6.13. The lowest BCUT2D eigenvalue weighted by Crippen LogP contribution is -2.43. The van der Waals surface area contributed by atoms with Gasteiger partial charge in [0.2, 0.25) is 5.91 Å². The van der Waals surface area contributed by atoms with Gasteiger partial charge in [-0.2, -0.15) is 0 Å². The first-order chi connectivity index (χ1) is 16.4. The lowest BCUT2D eigenvalue weighted by atomic mass is 10.0. The van der Waals surface area contributed by atoms with Gasteiger partial charge in [0.05, 0.1) is 24.2 Å². The number of carbonyl (C=O) groups is 2. The molecule has 8 nitrogen and oxygen atoms in total. The summed E-state index contributed by atoms with van der Waals surface area (Å²) >= 11 is 0. The van der Waals surface area contributed by atoms with Gasteiger partial charge >= 0.3 is 0 Å². The van der Waals surface area contributed by atoms with Crippen LogP contribution in [0.3, 0.4) is 0 Å². The molecule has 1 saturated heterocycles. The van der Waals surface area contributed by atoms with Gasteiger partial charge in [-0.3, -0.25) is 9.59 Å². The maximum Gasteiger partial charge on any atom is 0.272 e. The minimum absolute atomic E-state index is 0.109. The summed E-state index contributed by atoms with van der Waals surface area (Å²) in [5, 5.41) is 7.60. The van der Waals surface area contributed by atoms with Crippen LogP contribution in [0.2, 0.25) is 0 Å². The number of likely N-dealkylation sites (tertiary alicyclic amines) is 1. The van der Waals surface area contributed by atoms with Crippen molar-refractivity contribution in [3.8, 4) is 17.0 Å². The van der Waals surface area contributed by atoms with Crippen molar-refractivity contribution < 1.29 is 14.3 Å². The molecule has 2 aromatic carbocycles. The van der Waals surface area contributed by atoms with Crippen LogP contribution in [0.15, 0.2) is 55.1 Å². The normalized spacial score (nSPS) is 14.5. The largest absolute Gasteiger partial charge is 0.495 e. The SMILES string of the molecule is C=CC(=O)Nc1c(OC)ccc2ccc(-c3ccc(N)c(C(=O)NC4CCN(C)CC4)n3)cc12. The van der Waals surface area contributed by atoms with Gasteiger partial charge in [-0.05, 0) is 68.7 Å². The Balaban J connectivity index is 1.68. The molecule has 0 atom stereocenters. The number of amides is 2. The molecule has 1 aliphatic heterocycles. The maximum absolute atomic E-state index is 13.0. The molecule has 3 aromatic rings. The predicted octanol–water partition coefficient (Wildman–Crippen LogP) is 3.44.